The predicted molar refractivity (Wildman–Crippen MR) is 71.1 cm³/mol. The van der Waals surface area contributed by atoms with Gasteiger partial charge in [0.15, 0.2) is 0 Å². The van der Waals surface area contributed by atoms with Gasteiger partial charge in [0.1, 0.15) is 0 Å². The minimum absolute atomic E-state index is 0.255. The highest BCUT2D eigenvalue weighted by Gasteiger charge is 2.49. The van der Waals surface area contributed by atoms with Crippen molar-refractivity contribution >= 4 is 0 Å². The molecule has 0 aliphatic heterocycles. The van der Waals surface area contributed by atoms with Gasteiger partial charge in [0.25, 0.3) is 0 Å². The Morgan fingerprint density at radius 2 is 2.06 bits per heavy atom. The first-order valence-corrected chi connectivity index (χ1v) is 6.25. The van der Waals surface area contributed by atoms with Gasteiger partial charge >= 0.3 is 0 Å². The molecule has 1 fully saturated rings. The number of benzene rings is 1. The number of hydrogen-bond donors (Lipinski definition) is 2. The molecule has 1 atom stereocenters. The van der Waals surface area contributed by atoms with Crippen molar-refractivity contribution in [1.82, 2.24) is 5.43 Å². The van der Waals surface area contributed by atoms with Crippen LogP contribution in [0.4, 0.5) is 0 Å². The SMILES string of the molecule is CC#CCCC(NN)C1(c2ccccc2)CC1. The molecule has 90 valence electrons. The normalized spacial score (nSPS) is 18.0. The summed E-state index contributed by atoms with van der Waals surface area (Å²) in [5.41, 5.74) is 4.66. The van der Waals surface area contributed by atoms with E-state index in [4.69, 9.17) is 5.84 Å². The Kier molecular flexibility index (Phi) is 3.83. The average Bonchev–Trinajstić information content (AvgIpc) is 3.17. The molecule has 1 aliphatic carbocycles. The Hall–Kier alpha value is -1.30. The topological polar surface area (TPSA) is 38.0 Å². The van der Waals surface area contributed by atoms with Gasteiger partial charge in [-0.3, -0.25) is 11.3 Å². The second kappa shape index (κ2) is 5.35. The molecule has 0 amide bonds. The third-order valence-corrected chi connectivity index (χ3v) is 3.74. The Morgan fingerprint density at radius 3 is 2.59 bits per heavy atom. The van der Waals surface area contributed by atoms with Crippen LogP contribution in [0, 0.1) is 11.8 Å². The van der Waals surface area contributed by atoms with Crippen molar-refractivity contribution in [2.45, 2.75) is 44.1 Å². The van der Waals surface area contributed by atoms with Crippen molar-refractivity contribution in [1.29, 1.82) is 0 Å². The maximum Gasteiger partial charge on any atom is 0.0316 e. The molecule has 0 heterocycles. The first kappa shape index (κ1) is 12.2. The van der Waals surface area contributed by atoms with Crippen LogP contribution in [-0.4, -0.2) is 6.04 Å². The van der Waals surface area contributed by atoms with E-state index in [1.165, 1.54) is 18.4 Å². The summed E-state index contributed by atoms with van der Waals surface area (Å²) in [7, 11) is 0. The molecule has 0 saturated heterocycles. The quantitative estimate of drug-likeness (QED) is 0.461. The summed E-state index contributed by atoms with van der Waals surface area (Å²) in [5, 5.41) is 0. The van der Waals surface area contributed by atoms with Crippen LogP contribution >= 0.6 is 0 Å². The highest BCUT2D eigenvalue weighted by atomic mass is 15.2. The first-order chi connectivity index (χ1) is 8.33. The van der Waals surface area contributed by atoms with Crippen molar-refractivity contribution in [3.63, 3.8) is 0 Å². The Balaban J connectivity index is 2.10. The Labute approximate surface area is 104 Å². The minimum Gasteiger partial charge on any atom is -0.271 e. The number of hydrogen-bond acceptors (Lipinski definition) is 2. The molecule has 1 unspecified atom stereocenters. The van der Waals surface area contributed by atoms with Crippen LogP contribution < -0.4 is 11.3 Å². The second-order valence-corrected chi connectivity index (χ2v) is 4.71. The van der Waals surface area contributed by atoms with E-state index in [1.807, 2.05) is 6.92 Å². The van der Waals surface area contributed by atoms with Crippen LogP contribution in [0.1, 0.15) is 38.2 Å². The van der Waals surface area contributed by atoms with Gasteiger partial charge in [-0.05, 0) is 31.7 Å². The van der Waals surface area contributed by atoms with Crippen LogP contribution in [0.25, 0.3) is 0 Å². The van der Waals surface area contributed by atoms with Gasteiger partial charge in [-0.2, -0.15) is 0 Å². The molecule has 0 aromatic heterocycles. The molecule has 17 heavy (non-hydrogen) atoms. The molecular weight excluding hydrogens is 208 g/mol. The van der Waals surface area contributed by atoms with E-state index in [-0.39, 0.29) is 5.41 Å². The highest BCUT2D eigenvalue weighted by Crippen LogP contribution is 2.51. The van der Waals surface area contributed by atoms with E-state index in [2.05, 4.69) is 47.6 Å². The van der Waals surface area contributed by atoms with Gasteiger partial charge in [-0.25, -0.2) is 0 Å². The van der Waals surface area contributed by atoms with Gasteiger partial charge in [-0.15, -0.1) is 11.8 Å². The van der Waals surface area contributed by atoms with Crippen molar-refractivity contribution in [3.8, 4) is 11.8 Å². The Morgan fingerprint density at radius 1 is 1.35 bits per heavy atom. The molecular formula is C15H20N2. The van der Waals surface area contributed by atoms with E-state index in [0.717, 1.165) is 12.8 Å². The summed E-state index contributed by atoms with van der Waals surface area (Å²) in [5.74, 6) is 11.8. The van der Waals surface area contributed by atoms with Crippen molar-refractivity contribution in [3.05, 3.63) is 35.9 Å². The predicted octanol–water partition coefficient (Wildman–Crippen LogP) is 2.35. The van der Waals surface area contributed by atoms with Crippen molar-refractivity contribution < 1.29 is 0 Å². The molecule has 2 heteroatoms. The first-order valence-electron chi connectivity index (χ1n) is 6.25. The maximum atomic E-state index is 5.72. The summed E-state index contributed by atoms with van der Waals surface area (Å²) in [6, 6.07) is 11.0. The number of nitrogens with one attached hydrogen (secondary N) is 1. The lowest BCUT2D eigenvalue weighted by Gasteiger charge is -2.26. The average molecular weight is 228 g/mol. The van der Waals surface area contributed by atoms with Gasteiger partial charge in [0, 0.05) is 17.9 Å². The number of nitrogens with two attached hydrogens (primary N) is 1. The zero-order valence-electron chi connectivity index (χ0n) is 10.4. The van der Waals surface area contributed by atoms with E-state index in [0.29, 0.717) is 6.04 Å². The maximum absolute atomic E-state index is 5.72. The standard InChI is InChI=1S/C15H20N2/c1-2-3-5-10-14(17-16)15(11-12-15)13-8-6-4-7-9-13/h4,6-9,14,17H,5,10-12,16H2,1H3. The fraction of sp³-hybridized carbons (Fsp3) is 0.467. The lowest BCUT2D eigenvalue weighted by atomic mass is 9.86. The highest BCUT2D eigenvalue weighted by molar-refractivity contribution is 5.33. The van der Waals surface area contributed by atoms with Crippen LogP contribution in [-0.2, 0) is 5.41 Å². The zero-order chi connectivity index (χ0) is 12.1. The molecule has 2 rings (SSSR count). The molecule has 1 aromatic carbocycles. The minimum atomic E-state index is 0.255. The smallest absolute Gasteiger partial charge is 0.0316 e. The molecule has 0 radical (unpaired) electrons. The lowest BCUT2D eigenvalue weighted by Crippen LogP contribution is -2.44. The number of rotatable bonds is 5. The molecule has 1 saturated carbocycles. The van der Waals surface area contributed by atoms with Crippen LogP contribution in [0.2, 0.25) is 0 Å². The van der Waals surface area contributed by atoms with Crippen LogP contribution in [0.5, 0.6) is 0 Å². The summed E-state index contributed by atoms with van der Waals surface area (Å²) in [6.07, 6.45) is 4.39. The van der Waals surface area contributed by atoms with Gasteiger partial charge in [0.2, 0.25) is 0 Å². The van der Waals surface area contributed by atoms with Crippen LogP contribution in [0.3, 0.4) is 0 Å². The van der Waals surface area contributed by atoms with Crippen molar-refractivity contribution in [2.75, 3.05) is 0 Å². The van der Waals surface area contributed by atoms with Crippen molar-refractivity contribution in [2.24, 2.45) is 5.84 Å². The molecule has 3 N–H and O–H groups in total. The summed E-state index contributed by atoms with van der Waals surface area (Å²) in [6.45, 7) is 1.88. The van der Waals surface area contributed by atoms with E-state index in [9.17, 15) is 0 Å². The molecule has 0 spiro atoms. The second-order valence-electron chi connectivity index (χ2n) is 4.71. The summed E-state index contributed by atoms with van der Waals surface area (Å²) >= 11 is 0. The Bertz CT molecular complexity index is 410. The van der Waals surface area contributed by atoms with E-state index < -0.39 is 0 Å². The summed E-state index contributed by atoms with van der Waals surface area (Å²) < 4.78 is 0. The van der Waals surface area contributed by atoms with Gasteiger partial charge in [0.05, 0.1) is 0 Å². The lowest BCUT2D eigenvalue weighted by molar-refractivity contribution is 0.403. The summed E-state index contributed by atoms with van der Waals surface area (Å²) in [4.78, 5) is 0. The molecule has 0 bridgehead atoms. The largest absolute Gasteiger partial charge is 0.271 e. The van der Waals surface area contributed by atoms with Gasteiger partial charge in [-0.1, -0.05) is 30.3 Å². The fourth-order valence-corrected chi connectivity index (χ4v) is 2.60. The van der Waals surface area contributed by atoms with Gasteiger partial charge < -0.3 is 0 Å². The molecule has 1 aromatic rings. The fourth-order valence-electron chi connectivity index (χ4n) is 2.60. The number of hydrazine groups is 1. The zero-order valence-corrected chi connectivity index (χ0v) is 10.4. The third-order valence-electron chi connectivity index (χ3n) is 3.74. The van der Waals surface area contributed by atoms with E-state index >= 15 is 0 Å². The molecule has 2 nitrogen and oxygen atoms in total. The third kappa shape index (κ3) is 2.52. The molecule has 1 aliphatic rings. The van der Waals surface area contributed by atoms with E-state index in [1.54, 1.807) is 0 Å². The van der Waals surface area contributed by atoms with Crippen LogP contribution in [0.15, 0.2) is 30.3 Å². The monoisotopic (exact) mass is 228 g/mol.